The fourth-order valence-corrected chi connectivity index (χ4v) is 2.64. The van der Waals surface area contributed by atoms with Gasteiger partial charge in [0.2, 0.25) is 0 Å². The van der Waals surface area contributed by atoms with Gasteiger partial charge in [-0.25, -0.2) is 0 Å². The van der Waals surface area contributed by atoms with Gasteiger partial charge in [0.15, 0.2) is 5.78 Å². The maximum atomic E-state index is 12.5. The summed E-state index contributed by atoms with van der Waals surface area (Å²) in [5.41, 5.74) is 1.16. The number of benzene rings is 1. The van der Waals surface area contributed by atoms with E-state index in [0.717, 1.165) is 8.04 Å². The Labute approximate surface area is 132 Å². The highest BCUT2D eigenvalue weighted by Gasteiger charge is 2.23. The van der Waals surface area contributed by atoms with E-state index in [2.05, 4.69) is 49.6 Å². The number of halogens is 2. The van der Waals surface area contributed by atoms with Gasteiger partial charge in [0.05, 0.1) is 6.07 Å². The largest absolute Gasteiger partial charge is 0.292 e. The van der Waals surface area contributed by atoms with Crippen molar-refractivity contribution in [1.29, 1.82) is 5.26 Å². The molecule has 94 valence electrons. The van der Waals surface area contributed by atoms with Gasteiger partial charge in [-0.15, -0.1) is 0 Å². The van der Waals surface area contributed by atoms with Gasteiger partial charge in [-0.05, 0) is 52.4 Å². The van der Waals surface area contributed by atoms with Gasteiger partial charge in [-0.2, -0.15) is 5.26 Å². The zero-order valence-electron chi connectivity index (χ0n) is 9.68. The van der Waals surface area contributed by atoms with Crippen LogP contribution < -0.4 is 0 Å². The molecule has 0 aliphatic rings. The van der Waals surface area contributed by atoms with Crippen molar-refractivity contribution in [1.82, 2.24) is 4.98 Å². The molecular formula is C14H8BrIN2O. The summed E-state index contributed by atoms with van der Waals surface area (Å²) >= 11 is 5.44. The van der Waals surface area contributed by atoms with Gasteiger partial charge >= 0.3 is 0 Å². The van der Waals surface area contributed by atoms with Crippen LogP contribution in [0.5, 0.6) is 0 Å². The molecule has 1 aromatic heterocycles. The predicted octanol–water partition coefficient (Wildman–Crippen LogP) is 3.94. The molecule has 0 saturated carbocycles. The molecule has 0 spiro atoms. The maximum Gasteiger partial charge on any atom is 0.185 e. The monoisotopic (exact) mass is 426 g/mol. The molecule has 0 N–H and O–H groups in total. The van der Waals surface area contributed by atoms with E-state index in [1.54, 1.807) is 30.6 Å². The lowest BCUT2D eigenvalue weighted by molar-refractivity contribution is 0.0978. The number of aromatic nitrogens is 1. The van der Waals surface area contributed by atoms with Gasteiger partial charge in [0, 0.05) is 26.0 Å². The number of pyridine rings is 1. The third kappa shape index (κ3) is 3.19. The highest BCUT2D eigenvalue weighted by molar-refractivity contribution is 14.1. The van der Waals surface area contributed by atoms with Crippen molar-refractivity contribution < 1.29 is 4.79 Å². The van der Waals surface area contributed by atoms with Crippen molar-refractivity contribution in [3.63, 3.8) is 0 Å². The Morgan fingerprint density at radius 1 is 1.42 bits per heavy atom. The second-order valence-electron chi connectivity index (χ2n) is 3.84. The molecular weight excluding hydrogens is 419 g/mol. The number of carbonyl (C=O) groups excluding carboxylic acids is 1. The summed E-state index contributed by atoms with van der Waals surface area (Å²) in [6.45, 7) is 0. The third-order valence-electron chi connectivity index (χ3n) is 2.60. The quantitative estimate of drug-likeness (QED) is 0.551. The number of hydrogen-bond donors (Lipinski definition) is 0. The van der Waals surface area contributed by atoms with E-state index in [4.69, 9.17) is 0 Å². The topological polar surface area (TPSA) is 53.8 Å². The van der Waals surface area contributed by atoms with E-state index >= 15 is 0 Å². The molecule has 0 bridgehead atoms. The van der Waals surface area contributed by atoms with Crippen LogP contribution in [0.1, 0.15) is 21.8 Å². The first-order valence-electron chi connectivity index (χ1n) is 5.42. The first-order chi connectivity index (χ1) is 9.13. The zero-order valence-corrected chi connectivity index (χ0v) is 13.4. The molecule has 1 unspecified atom stereocenters. The Bertz CT molecular complexity index is 652. The summed E-state index contributed by atoms with van der Waals surface area (Å²) < 4.78 is 1.65. The summed E-state index contributed by atoms with van der Waals surface area (Å²) in [6, 6.07) is 11.0. The van der Waals surface area contributed by atoms with E-state index in [-0.39, 0.29) is 5.78 Å². The normalized spacial score (nSPS) is 11.6. The van der Waals surface area contributed by atoms with Crippen molar-refractivity contribution in [3.8, 4) is 6.07 Å². The van der Waals surface area contributed by atoms with Crippen LogP contribution in [0.2, 0.25) is 0 Å². The number of nitriles is 1. The number of carbonyl (C=O) groups is 1. The number of Topliss-reactive ketones (excluding diaryl/α,β-unsaturated/α-hetero) is 1. The Kier molecular flexibility index (Phi) is 4.66. The van der Waals surface area contributed by atoms with Crippen LogP contribution >= 0.6 is 38.5 Å². The highest BCUT2D eigenvalue weighted by atomic mass is 127. The standard InChI is InChI=1S/C14H8BrIN2O/c15-10-3-4-13(16)11(6-10)14(19)12(7-17)9-2-1-5-18-8-9/h1-6,8,12H. The molecule has 0 radical (unpaired) electrons. The van der Waals surface area contributed by atoms with Gasteiger partial charge in [0.1, 0.15) is 5.92 Å². The third-order valence-corrected chi connectivity index (χ3v) is 4.04. The predicted molar refractivity (Wildman–Crippen MR) is 83.8 cm³/mol. The Balaban J connectivity index is 2.43. The van der Waals surface area contributed by atoms with E-state index in [9.17, 15) is 10.1 Å². The molecule has 0 aliphatic carbocycles. The minimum absolute atomic E-state index is 0.207. The SMILES string of the molecule is N#CC(C(=O)c1cc(Br)ccc1I)c1cccnc1. The van der Waals surface area contributed by atoms with Crippen LogP contribution in [0.4, 0.5) is 0 Å². The van der Waals surface area contributed by atoms with Crippen LogP contribution in [0.3, 0.4) is 0 Å². The van der Waals surface area contributed by atoms with Crippen molar-refractivity contribution in [2.24, 2.45) is 0 Å². The van der Waals surface area contributed by atoms with Crippen molar-refractivity contribution in [3.05, 3.63) is 61.9 Å². The van der Waals surface area contributed by atoms with E-state index in [0.29, 0.717) is 11.1 Å². The average molecular weight is 427 g/mol. The van der Waals surface area contributed by atoms with Crippen LogP contribution in [0.15, 0.2) is 47.2 Å². The molecule has 1 heterocycles. The van der Waals surface area contributed by atoms with Crippen LogP contribution in [0, 0.1) is 14.9 Å². The second-order valence-corrected chi connectivity index (χ2v) is 5.91. The van der Waals surface area contributed by atoms with E-state index in [1.807, 2.05) is 12.1 Å². The molecule has 19 heavy (non-hydrogen) atoms. The smallest absolute Gasteiger partial charge is 0.185 e. The van der Waals surface area contributed by atoms with Crippen molar-refractivity contribution in [2.45, 2.75) is 5.92 Å². The van der Waals surface area contributed by atoms with Crippen molar-refractivity contribution >= 4 is 44.3 Å². The molecule has 2 rings (SSSR count). The summed E-state index contributed by atoms with van der Waals surface area (Å²) in [5, 5.41) is 9.26. The summed E-state index contributed by atoms with van der Waals surface area (Å²) in [7, 11) is 0. The first-order valence-corrected chi connectivity index (χ1v) is 7.29. The summed E-state index contributed by atoms with van der Waals surface area (Å²) in [5.74, 6) is -1.03. The van der Waals surface area contributed by atoms with Crippen LogP contribution in [-0.2, 0) is 0 Å². The Hall–Kier alpha value is -1.26. The van der Waals surface area contributed by atoms with E-state index in [1.165, 1.54) is 0 Å². The number of nitrogens with zero attached hydrogens (tertiary/aromatic N) is 2. The fourth-order valence-electron chi connectivity index (χ4n) is 1.67. The van der Waals surface area contributed by atoms with Crippen molar-refractivity contribution in [2.75, 3.05) is 0 Å². The van der Waals surface area contributed by atoms with Gasteiger partial charge in [0.25, 0.3) is 0 Å². The summed E-state index contributed by atoms with van der Waals surface area (Å²) in [4.78, 5) is 16.4. The molecule has 0 fully saturated rings. The highest BCUT2D eigenvalue weighted by Crippen LogP contribution is 2.25. The fraction of sp³-hybridized carbons (Fsp3) is 0.0714. The first kappa shape index (κ1) is 14.2. The van der Waals surface area contributed by atoms with Gasteiger partial charge in [-0.1, -0.05) is 22.0 Å². The minimum Gasteiger partial charge on any atom is -0.292 e. The lowest BCUT2D eigenvalue weighted by atomic mass is 9.93. The molecule has 0 amide bonds. The second kappa shape index (κ2) is 6.26. The molecule has 5 heteroatoms. The van der Waals surface area contributed by atoms with Crippen LogP contribution in [0.25, 0.3) is 0 Å². The lowest BCUT2D eigenvalue weighted by Gasteiger charge is -2.10. The Morgan fingerprint density at radius 3 is 2.84 bits per heavy atom. The van der Waals surface area contributed by atoms with E-state index < -0.39 is 5.92 Å². The number of rotatable bonds is 3. The molecule has 2 aromatic rings. The maximum absolute atomic E-state index is 12.5. The van der Waals surface area contributed by atoms with Gasteiger partial charge < -0.3 is 0 Å². The average Bonchev–Trinajstić information content (AvgIpc) is 2.43. The number of ketones is 1. The molecule has 1 aromatic carbocycles. The molecule has 0 aliphatic heterocycles. The Morgan fingerprint density at radius 2 is 2.21 bits per heavy atom. The zero-order chi connectivity index (χ0) is 13.8. The molecule has 3 nitrogen and oxygen atoms in total. The lowest BCUT2D eigenvalue weighted by Crippen LogP contribution is -2.13. The summed E-state index contributed by atoms with van der Waals surface area (Å²) in [6.07, 6.45) is 3.17. The molecule has 1 atom stereocenters. The molecule has 0 saturated heterocycles. The number of hydrogen-bond acceptors (Lipinski definition) is 3. The minimum atomic E-state index is -0.823. The van der Waals surface area contributed by atoms with Crippen LogP contribution in [-0.4, -0.2) is 10.8 Å². The van der Waals surface area contributed by atoms with Gasteiger partial charge in [-0.3, -0.25) is 9.78 Å².